The van der Waals surface area contributed by atoms with Crippen molar-refractivity contribution in [3.8, 4) is 11.5 Å². The second-order valence-corrected chi connectivity index (χ2v) is 3.77. The lowest BCUT2D eigenvalue weighted by molar-refractivity contribution is -0.140. The minimum Gasteiger partial charge on any atom is -0.497 e. The van der Waals surface area contributed by atoms with E-state index in [-0.39, 0.29) is 0 Å². The number of ether oxygens (including phenoxy) is 2. The molecule has 0 radical (unpaired) electrons. The maximum atomic E-state index is 12.5. The standard InChI is InChI=1S/C12H16F3NO2/c1-16-10(7-12(13,14)15)9-5-4-8(17-2)6-11(9)18-3/h4-6,10,16H,7H2,1-3H3. The summed E-state index contributed by atoms with van der Waals surface area (Å²) >= 11 is 0. The zero-order chi connectivity index (χ0) is 13.8. The van der Waals surface area contributed by atoms with Gasteiger partial charge >= 0.3 is 6.18 Å². The van der Waals surface area contributed by atoms with Gasteiger partial charge in [0.2, 0.25) is 0 Å². The summed E-state index contributed by atoms with van der Waals surface area (Å²) in [5.74, 6) is 0.912. The van der Waals surface area contributed by atoms with E-state index in [0.717, 1.165) is 0 Å². The summed E-state index contributed by atoms with van der Waals surface area (Å²) in [6.45, 7) is 0. The highest BCUT2D eigenvalue weighted by Gasteiger charge is 2.33. The molecule has 3 nitrogen and oxygen atoms in total. The summed E-state index contributed by atoms with van der Waals surface area (Å²) in [4.78, 5) is 0. The van der Waals surface area contributed by atoms with Crippen molar-refractivity contribution in [2.75, 3.05) is 21.3 Å². The Labute approximate surface area is 104 Å². The SMILES string of the molecule is CNC(CC(F)(F)F)c1ccc(OC)cc1OC. The molecule has 0 saturated carbocycles. The first-order valence-electron chi connectivity index (χ1n) is 5.37. The van der Waals surface area contributed by atoms with Crippen molar-refractivity contribution < 1.29 is 22.6 Å². The summed E-state index contributed by atoms with van der Waals surface area (Å²) in [5, 5.41) is 2.65. The molecule has 1 unspecified atom stereocenters. The van der Waals surface area contributed by atoms with Gasteiger partial charge in [0.15, 0.2) is 0 Å². The predicted octanol–water partition coefficient (Wildman–Crippen LogP) is 2.92. The molecule has 1 aromatic rings. The molecule has 0 bridgehead atoms. The molecule has 1 N–H and O–H groups in total. The predicted molar refractivity (Wildman–Crippen MR) is 62.0 cm³/mol. The second kappa shape index (κ2) is 5.95. The molecule has 0 aliphatic heterocycles. The molecule has 0 heterocycles. The van der Waals surface area contributed by atoms with E-state index < -0.39 is 18.6 Å². The molecule has 6 heteroatoms. The van der Waals surface area contributed by atoms with E-state index in [0.29, 0.717) is 17.1 Å². The van der Waals surface area contributed by atoms with Crippen LogP contribution in [-0.2, 0) is 0 Å². The van der Waals surface area contributed by atoms with E-state index >= 15 is 0 Å². The van der Waals surface area contributed by atoms with Crippen LogP contribution in [0.3, 0.4) is 0 Å². The molecule has 1 aromatic carbocycles. The van der Waals surface area contributed by atoms with Gasteiger partial charge in [-0.25, -0.2) is 0 Å². The minimum atomic E-state index is -4.24. The summed E-state index contributed by atoms with van der Waals surface area (Å²) in [6, 6.07) is 3.91. The fourth-order valence-electron chi connectivity index (χ4n) is 1.71. The number of alkyl halides is 3. The normalized spacial score (nSPS) is 13.2. The van der Waals surface area contributed by atoms with Gasteiger partial charge in [0.25, 0.3) is 0 Å². The van der Waals surface area contributed by atoms with Gasteiger partial charge in [0.1, 0.15) is 11.5 Å². The molecule has 0 aliphatic rings. The first-order valence-corrected chi connectivity index (χ1v) is 5.37. The van der Waals surface area contributed by atoms with Crippen LogP contribution >= 0.6 is 0 Å². The Morgan fingerprint density at radius 1 is 1.22 bits per heavy atom. The Hall–Kier alpha value is -1.43. The Bertz CT molecular complexity index is 393. The lowest BCUT2D eigenvalue weighted by Crippen LogP contribution is -2.24. The van der Waals surface area contributed by atoms with E-state index in [9.17, 15) is 13.2 Å². The number of methoxy groups -OCH3 is 2. The molecule has 0 fully saturated rings. The third-order valence-electron chi connectivity index (χ3n) is 2.60. The highest BCUT2D eigenvalue weighted by atomic mass is 19.4. The summed E-state index contributed by atoms with van der Waals surface area (Å²) < 4.78 is 47.5. The van der Waals surface area contributed by atoms with Crippen LogP contribution in [0.5, 0.6) is 11.5 Å². The highest BCUT2D eigenvalue weighted by Crippen LogP contribution is 2.35. The molecule has 18 heavy (non-hydrogen) atoms. The van der Waals surface area contributed by atoms with Crippen LogP contribution in [0, 0.1) is 0 Å². The number of halogens is 3. The number of rotatable bonds is 5. The van der Waals surface area contributed by atoms with Crippen LogP contribution in [0.2, 0.25) is 0 Å². The fraction of sp³-hybridized carbons (Fsp3) is 0.500. The van der Waals surface area contributed by atoms with Crippen molar-refractivity contribution in [1.29, 1.82) is 0 Å². The number of hydrogen-bond donors (Lipinski definition) is 1. The number of hydrogen-bond acceptors (Lipinski definition) is 3. The van der Waals surface area contributed by atoms with Crippen LogP contribution in [0.1, 0.15) is 18.0 Å². The number of nitrogens with one attached hydrogen (secondary N) is 1. The van der Waals surface area contributed by atoms with Gasteiger partial charge in [-0.05, 0) is 13.1 Å². The molecule has 0 aromatic heterocycles. The van der Waals surface area contributed by atoms with Gasteiger partial charge in [-0.15, -0.1) is 0 Å². The van der Waals surface area contributed by atoms with E-state index in [1.165, 1.54) is 21.3 Å². The molecule has 0 amide bonds. The quantitative estimate of drug-likeness (QED) is 0.886. The van der Waals surface area contributed by atoms with Crippen molar-refractivity contribution in [3.05, 3.63) is 23.8 Å². The van der Waals surface area contributed by atoms with Crippen LogP contribution in [0.25, 0.3) is 0 Å². The van der Waals surface area contributed by atoms with Crippen LogP contribution < -0.4 is 14.8 Å². The van der Waals surface area contributed by atoms with E-state index in [4.69, 9.17) is 9.47 Å². The zero-order valence-electron chi connectivity index (χ0n) is 10.5. The van der Waals surface area contributed by atoms with Gasteiger partial charge in [-0.3, -0.25) is 0 Å². The smallest absolute Gasteiger partial charge is 0.390 e. The average Bonchev–Trinajstić information content (AvgIpc) is 2.34. The van der Waals surface area contributed by atoms with Gasteiger partial charge in [-0.2, -0.15) is 13.2 Å². The van der Waals surface area contributed by atoms with Crippen molar-refractivity contribution in [2.45, 2.75) is 18.6 Å². The molecular formula is C12H16F3NO2. The maximum absolute atomic E-state index is 12.5. The average molecular weight is 263 g/mol. The fourth-order valence-corrected chi connectivity index (χ4v) is 1.71. The zero-order valence-corrected chi connectivity index (χ0v) is 10.5. The Balaban J connectivity index is 3.05. The van der Waals surface area contributed by atoms with Crippen LogP contribution in [0.4, 0.5) is 13.2 Å². The second-order valence-electron chi connectivity index (χ2n) is 3.77. The molecule has 1 atom stereocenters. The Kier molecular flexibility index (Phi) is 4.84. The topological polar surface area (TPSA) is 30.5 Å². The van der Waals surface area contributed by atoms with Gasteiger partial charge < -0.3 is 14.8 Å². The molecule has 0 spiro atoms. The van der Waals surface area contributed by atoms with Gasteiger partial charge in [0, 0.05) is 17.7 Å². The van der Waals surface area contributed by atoms with Crippen molar-refractivity contribution in [3.63, 3.8) is 0 Å². The first-order chi connectivity index (χ1) is 8.41. The molecule has 102 valence electrons. The van der Waals surface area contributed by atoms with Crippen LogP contribution in [-0.4, -0.2) is 27.4 Å². The molecule has 0 saturated heterocycles. The lowest BCUT2D eigenvalue weighted by Gasteiger charge is -2.21. The number of benzene rings is 1. The minimum absolute atomic E-state index is 0.373. The lowest BCUT2D eigenvalue weighted by atomic mass is 10.0. The molecule has 0 aliphatic carbocycles. The van der Waals surface area contributed by atoms with Crippen molar-refractivity contribution in [2.24, 2.45) is 0 Å². The third kappa shape index (κ3) is 3.80. The largest absolute Gasteiger partial charge is 0.497 e. The van der Waals surface area contributed by atoms with E-state index in [2.05, 4.69) is 5.32 Å². The van der Waals surface area contributed by atoms with Crippen molar-refractivity contribution >= 4 is 0 Å². The summed E-state index contributed by atoms with van der Waals surface area (Å²) in [6.07, 6.45) is -5.19. The van der Waals surface area contributed by atoms with Crippen molar-refractivity contribution in [1.82, 2.24) is 5.32 Å². The van der Waals surface area contributed by atoms with E-state index in [1.807, 2.05) is 0 Å². The Morgan fingerprint density at radius 2 is 1.89 bits per heavy atom. The van der Waals surface area contributed by atoms with Gasteiger partial charge in [0.05, 0.1) is 20.6 Å². The Morgan fingerprint density at radius 3 is 2.33 bits per heavy atom. The maximum Gasteiger partial charge on any atom is 0.390 e. The summed E-state index contributed by atoms with van der Waals surface area (Å²) in [5.41, 5.74) is 0.457. The monoisotopic (exact) mass is 263 g/mol. The van der Waals surface area contributed by atoms with Gasteiger partial charge in [-0.1, -0.05) is 6.07 Å². The highest BCUT2D eigenvalue weighted by molar-refractivity contribution is 5.42. The summed E-state index contributed by atoms with van der Waals surface area (Å²) in [7, 11) is 4.39. The first kappa shape index (κ1) is 14.6. The third-order valence-corrected chi connectivity index (χ3v) is 2.60. The molecule has 1 rings (SSSR count). The van der Waals surface area contributed by atoms with E-state index in [1.54, 1.807) is 18.2 Å². The molecular weight excluding hydrogens is 247 g/mol. The van der Waals surface area contributed by atoms with Crippen LogP contribution in [0.15, 0.2) is 18.2 Å².